The molecule has 2 N–H and O–H groups in total. The lowest BCUT2D eigenvalue weighted by molar-refractivity contribution is 0.392. The Morgan fingerprint density at radius 2 is 1.20 bits per heavy atom. The maximum absolute atomic E-state index is 9.74. The van der Waals surface area contributed by atoms with Crippen LogP contribution in [0.1, 0.15) is 19.8 Å². The summed E-state index contributed by atoms with van der Waals surface area (Å²) in [5, 5.41) is 32.7. The van der Waals surface area contributed by atoms with Gasteiger partial charge in [-0.2, -0.15) is 5.26 Å². The highest BCUT2D eigenvalue weighted by Crippen LogP contribution is 2.33. The molecule has 0 heterocycles. The van der Waals surface area contributed by atoms with Crippen molar-refractivity contribution in [1.29, 1.82) is 5.26 Å². The van der Waals surface area contributed by atoms with Crippen molar-refractivity contribution >= 4 is 30.8 Å². The van der Waals surface area contributed by atoms with Crippen molar-refractivity contribution < 1.29 is 10.0 Å². The van der Waals surface area contributed by atoms with Crippen LogP contribution in [0, 0.1) is 17.2 Å². The highest BCUT2D eigenvalue weighted by Gasteiger charge is 2.46. The van der Waals surface area contributed by atoms with Crippen molar-refractivity contribution in [3.63, 3.8) is 0 Å². The summed E-state index contributed by atoms with van der Waals surface area (Å²) in [4.78, 5) is 0. The van der Waals surface area contributed by atoms with Crippen molar-refractivity contribution in [2.24, 2.45) is 5.92 Å². The van der Waals surface area contributed by atoms with Crippen molar-refractivity contribution in [2.45, 2.75) is 31.6 Å². The normalized spacial score (nSPS) is 13.3. The lowest BCUT2D eigenvalue weighted by Crippen LogP contribution is -2.70. The standard InChI is InChI=1S/C25H28BNO2Si/c1-2-22(18-21(20-27)19-26(28)29)30(23-12-6-3-7-13-23,24-14-8-4-9-15-24)25-16-10-5-11-17-25/h3-17,21-22,28-29H,2,18-19H2,1H3. The Labute approximate surface area is 180 Å². The highest BCUT2D eigenvalue weighted by atomic mass is 28.3. The lowest BCUT2D eigenvalue weighted by Gasteiger charge is -2.41. The molecule has 0 saturated heterocycles. The van der Waals surface area contributed by atoms with Crippen LogP contribution in [0.4, 0.5) is 0 Å². The molecule has 5 heteroatoms. The van der Waals surface area contributed by atoms with Gasteiger partial charge in [0.05, 0.1) is 6.07 Å². The zero-order chi connectivity index (χ0) is 21.4. The third-order valence-corrected chi connectivity index (χ3v) is 11.6. The van der Waals surface area contributed by atoms with Gasteiger partial charge in [-0.1, -0.05) is 104 Å². The fourth-order valence-corrected chi connectivity index (χ4v) is 10.6. The van der Waals surface area contributed by atoms with Crippen molar-refractivity contribution in [3.05, 3.63) is 91.0 Å². The molecule has 0 aromatic heterocycles. The van der Waals surface area contributed by atoms with Crippen molar-refractivity contribution in [1.82, 2.24) is 0 Å². The van der Waals surface area contributed by atoms with E-state index in [0.717, 1.165) is 6.42 Å². The zero-order valence-corrected chi connectivity index (χ0v) is 18.4. The van der Waals surface area contributed by atoms with Crippen LogP contribution in [0.25, 0.3) is 0 Å². The summed E-state index contributed by atoms with van der Waals surface area (Å²) in [6.07, 6.45) is 1.62. The number of rotatable bonds is 9. The second kappa shape index (κ2) is 10.4. The van der Waals surface area contributed by atoms with Gasteiger partial charge in [0.25, 0.3) is 0 Å². The van der Waals surface area contributed by atoms with Gasteiger partial charge in [0.1, 0.15) is 0 Å². The largest absolute Gasteiger partial charge is 0.452 e. The predicted molar refractivity (Wildman–Crippen MR) is 127 cm³/mol. The van der Waals surface area contributed by atoms with Gasteiger partial charge >= 0.3 is 7.12 Å². The third kappa shape index (κ3) is 4.57. The fourth-order valence-electron chi connectivity index (χ4n) is 4.76. The molecule has 0 fully saturated rings. The number of nitriles is 1. The summed E-state index contributed by atoms with van der Waals surface area (Å²) < 4.78 is 0. The number of hydrogen-bond acceptors (Lipinski definition) is 3. The summed E-state index contributed by atoms with van der Waals surface area (Å²) in [7, 11) is -3.96. The van der Waals surface area contributed by atoms with Gasteiger partial charge in [-0.05, 0) is 33.8 Å². The third-order valence-electron chi connectivity index (χ3n) is 6.04. The van der Waals surface area contributed by atoms with Gasteiger partial charge in [-0.25, -0.2) is 0 Å². The SMILES string of the molecule is CCC(CC(C#N)CB(O)O)[Si](c1ccccc1)(c1ccccc1)c1ccccc1. The van der Waals surface area contributed by atoms with Crippen LogP contribution in [0.15, 0.2) is 91.0 Å². The maximum atomic E-state index is 9.74. The smallest absolute Gasteiger partial charge is 0.427 e. The van der Waals surface area contributed by atoms with Gasteiger partial charge in [-0.15, -0.1) is 0 Å². The van der Waals surface area contributed by atoms with E-state index in [0.29, 0.717) is 6.42 Å². The minimum Gasteiger partial charge on any atom is -0.427 e. The van der Waals surface area contributed by atoms with Crippen LogP contribution in [0.3, 0.4) is 0 Å². The summed E-state index contributed by atoms with van der Waals surface area (Å²) in [5.74, 6) is -0.405. The average molecular weight is 413 g/mol. The van der Waals surface area contributed by atoms with Crippen LogP contribution in [0.5, 0.6) is 0 Å². The molecule has 2 unspecified atom stereocenters. The minimum atomic E-state index is -2.50. The van der Waals surface area contributed by atoms with Gasteiger partial charge in [0.15, 0.2) is 8.07 Å². The van der Waals surface area contributed by atoms with E-state index < -0.39 is 21.1 Å². The molecule has 0 radical (unpaired) electrons. The number of hydrogen-bond donors (Lipinski definition) is 2. The summed E-state index contributed by atoms with van der Waals surface area (Å²) in [5.41, 5.74) is 0.230. The van der Waals surface area contributed by atoms with E-state index in [1.165, 1.54) is 15.6 Å². The quantitative estimate of drug-likeness (QED) is 0.419. The Balaban J connectivity index is 2.26. The summed E-state index contributed by atoms with van der Waals surface area (Å²) in [6, 6.07) is 34.3. The molecular formula is C25H28BNO2Si. The van der Waals surface area contributed by atoms with E-state index in [1.807, 2.05) is 18.2 Å². The van der Waals surface area contributed by atoms with E-state index in [2.05, 4.69) is 85.8 Å². The zero-order valence-electron chi connectivity index (χ0n) is 17.4. The Kier molecular flexibility index (Phi) is 7.64. The first-order valence-corrected chi connectivity index (χ1v) is 12.6. The fraction of sp³-hybridized carbons (Fsp3) is 0.240. The first kappa shape index (κ1) is 22.0. The summed E-state index contributed by atoms with van der Waals surface area (Å²) in [6.45, 7) is 2.19. The lowest BCUT2D eigenvalue weighted by atomic mass is 9.77. The summed E-state index contributed by atoms with van der Waals surface area (Å²) >= 11 is 0. The molecule has 0 aliphatic heterocycles. The Bertz CT molecular complexity index is 848. The van der Waals surface area contributed by atoms with E-state index in [-0.39, 0.29) is 11.9 Å². The van der Waals surface area contributed by atoms with Gasteiger partial charge in [0, 0.05) is 5.92 Å². The first-order chi connectivity index (χ1) is 14.6. The van der Waals surface area contributed by atoms with Crippen LogP contribution < -0.4 is 15.6 Å². The molecular weight excluding hydrogens is 385 g/mol. The number of benzene rings is 3. The molecule has 0 spiro atoms. The monoisotopic (exact) mass is 413 g/mol. The molecule has 3 nitrogen and oxygen atoms in total. The van der Waals surface area contributed by atoms with Crippen LogP contribution >= 0.6 is 0 Å². The first-order valence-electron chi connectivity index (χ1n) is 10.5. The molecule has 0 saturated carbocycles. The van der Waals surface area contributed by atoms with E-state index in [9.17, 15) is 15.3 Å². The molecule has 2 atom stereocenters. The molecule has 0 aliphatic carbocycles. The van der Waals surface area contributed by atoms with E-state index in [1.54, 1.807) is 0 Å². The van der Waals surface area contributed by atoms with E-state index >= 15 is 0 Å². The molecule has 0 aliphatic rings. The Morgan fingerprint density at radius 1 is 0.800 bits per heavy atom. The minimum absolute atomic E-state index is 0.0792. The van der Waals surface area contributed by atoms with Crippen LogP contribution in [-0.2, 0) is 0 Å². The second-order valence-corrected chi connectivity index (χ2v) is 12.0. The highest BCUT2D eigenvalue weighted by molar-refractivity contribution is 7.12. The molecule has 0 amide bonds. The number of nitrogens with zero attached hydrogens (tertiary/aromatic N) is 1. The average Bonchev–Trinajstić information content (AvgIpc) is 2.80. The van der Waals surface area contributed by atoms with E-state index in [4.69, 9.17) is 0 Å². The van der Waals surface area contributed by atoms with Gasteiger partial charge in [0.2, 0.25) is 0 Å². The van der Waals surface area contributed by atoms with Crippen LogP contribution in [-0.4, -0.2) is 25.2 Å². The van der Waals surface area contributed by atoms with Crippen LogP contribution in [0.2, 0.25) is 11.9 Å². The Hall–Kier alpha value is -2.65. The van der Waals surface area contributed by atoms with Crippen molar-refractivity contribution in [2.75, 3.05) is 0 Å². The molecule has 3 aromatic carbocycles. The van der Waals surface area contributed by atoms with Gasteiger partial charge < -0.3 is 10.0 Å². The Morgan fingerprint density at radius 3 is 1.50 bits per heavy atom. The molecule has 0 bridgehead atoms. The molecule has 30 heavy (non-hydrogen) atoms. The molecule has 152 valence electrons. The van der Waals surface area contributed by atoms with Gasteiger partial charge in [-0.3, -0.25) is 0 Å². The predicted octanol–water partition coefficient (Wildman–Crippen LogP) is 2.94. The maximum Gasteiger partial charge on any atom is 0.452 e. The molecule has 3 rings (SSSR count). The van der Waals surface area contributed by atoms with Crippen molar-refractivity contribution in [3.8, 4) is 6.07 Å². The second-order valence-electron chi connectivity index (χ2n) is 7.79. The molecule has 3 aromatic rings. The topological polar surface area (TPSA) is 64.2 Å².